The smallest absolute Gasteiger partial charge is 0.226 e. The Morgan fingerprint density at radius 2 is 2.00 bits per heavy atom. The summed E-state index contributed by atoms with van der Waals surface area (Å²) in [6.07, 6.45) is 11.4. The zero-order valence-electron chi connectivity index (χ0n) is 13.3. The minimum Gasteiger partial charge on any atom is -0.339 e. The molecular weight excluding hydrogens is 262 g/mol. The molecule has 3 rings (SSSR count). The molecule has 1 aromatic heterocycles. The Hall–Kier alpha value is -0.900. The number of piperidine rings is 1. The fraction of sp³-hybridized carbons (Fsp3) is 0.882. The van der Waals surface area contributed by atoms with Crippen molar-refractivity contribution in [3.63, 3.8) is 0 Å². The number of aromatic nitrogens is 2. The van der Waals surface area contributed by atoms with Crippen LogP contribution in [0.5, 0.6) is 0 Å². The fourth-order valence-electron chi connectivity index (χ4n) is 3.98. The quantitative estimate of drug-likeness (QED) is 0.899. The second kappa shape index (κ2) is 7.39. The first kappa shape index (κ1) is 15.0. The lowest BCUT2D eigenvalue weighted by Gasteiger charge is -2.26. The van der Waals surface area contributed by atoms with Gasteiger partial charge in [-0.2, -0.15) is 4.98 Å². The van der Waals surface area contributed by atoms with E-state index in [1.54, 1.807) is 0 Å². The van der Waals surface area contributed by atoms with Gasteiger partial charge < -0.3 is 9.84 Å². The van der Waals surface area contributed by atoms with Gasteiger partial charge in [0.15, 0.2) is 5.82 Å². The molecule has 0 spiro atoms. The minimum atomic E-state index is 0.542. The van der Waals surface area contributed by atoms with Crippen molar-refractivity contribution in [2.24, 2.45) is 11.8 Å². The number of hydrogen-bond donors (Lipinski definition) is 1. The Kier molecular flexibility index (Phi) is 5.28. The van der Waals surface area contributed by atoms with Crippen LogP contribution < -0.4 is 5.32 Å². The molecular formula is C17H29N3O. The monoisotopic (exact) mass is 291 g/mol. The SMILES string of the molecule is CCCC1CCC(c2noc(CC3CCCNC3)n2)CC1. The maximum atomic E-state index is 5.51. The average Bonchev–Trinajstić information content (AvgIpc) is 2.98. The molecule has 21 heavy (non-hydrogen) atoms. The van der Waals surface area contributed by atoms with Gasteiger partial charge in [0.1, 0.15) is 0 Å². The summed E-state index contributed by atoms with van der Waals surface area (Å²) in [7, 11) is 0. The molecule has 1 N–H and O–H groups in total. The van der Waals surface area contributed by atoms with E-state index < -0.39 is 0 Å². The van der Waals surface area contributed by atoms with Crippen molar-refractivity contribution in [3.05, 3.63) is 11.7 Å². The topological polar surface area (TPSA) is 51.0 Å². The van der Waals surface area contributed by atoms with Gasteiger partial charge in [-0.3, -0.25) is 0 Å². The molecule has 2 fully saturated rings. The second-order valence-corrected chi connectivity index (χ2v) is 6.97. The lowest BCUT2D eigenvalue weighted by atomic mass is 9.80. The summed E-state index contributed by atoms with van der Waals surface area (Å²) in [5.41, 5.74) is 0. The van der Waals surface area contributed by atoms with E-state index in [4.69, 9.17) is 9.51 Å². The van der Waals surface area contributed by atoms with Crippen molar-refractivity contribution in [2.45, 2.75) is 70.6 Å². The summed E-state index contributed by atoms with van der Waals surface area (Å²) in [6.45, 7) is 4.55. The van der Waals surface area contributed by atoms with Crippen molar-refractivity contribution in [3.8, 4) is 0 Å². The normalized spacial score (nSPS) is 30.4. The Labute approximate surface area is 128 Å². The van der Waals surface area contributed by atoms with Gasteiger partial charge in [-0.1, -0.05) is 24.9 Å². The molecule has 1 saturated heterocycles. The molecule has 118 valence electrons. The second-order valence-electron chi connectivity index (χ2n) is 6.97. The van der Waals surface area contributed by atoms with Crippen LogP contribution in [0.3, 0.4) is 0 Å². The third kappa shape index (κ3) is 4.06. The fourth-order valence-corrected chi connectivity index (χ4v) is 3.98. The van der Waals surface area contributed by atoms with Crippen molar-refractivity contribution in [2.75, 3.05) is 13.1 Å². The maximum Gasteiger partial charge on any atom is 0.226 e. The summed E-state index contributed by atoms with van der Waals surface area (Å²) >= 11 is 0. The van der Waals surface area contributed by atoms with E-state index in [-0.39, 0.29) is 0 Å². The summed E-state index contributed by atoms with van der Waals surface area (Å²) < 4.78 is 5.51. The minimum absolute atomic E-state index is 0.542. The van der Waals surface area contributed by atoms with Crippen molar-refractivity contribution in [1.29, 1.82) is 0 Å². The molecule has 1 saturated carbocycles. The Morgan fingerprint density at radius 1 is 1.14 bits per heavy atom. The number of nitrogens with zero attached hydrogens (tertiary/aromatic N) is 2. The number of nitrogens with one attached hydrogen (secondary N) is 1. The molecule has 0 radical (unpaired) electrons. The molecule has 1 aliphatic carbocycles. The van der Waals surface area contributed by atoms with Crippen LogP contribution in [0.25, 0.3) is 0 Å². The number of rotatable bonds is 5. The van der Waals surface area contributed by atoms with E-state index in [9.17, 15) is 0 Å². The van der Waals surface area contributed by atoms with Crippen LogP contribution in [0.15, 0.2) is 4.52 Å². The van der Waals surface area contributed by atoms with Gasteiger partial charge in [0.05, 0.1) is 0 Å². The van der Waals surface area contributed by atoms with Crippen molar-refractivity contribution >= 4 is 0 Å². The molecule has 4 heteroatoms. The molecule has 4 nitrogen and oxygen atoms in total. The predicted octanol–water partition coefficient (Wildman–Crippen LogP) is 3.69. The van der Waals surface area contributed by atoms with Gasteiger partial charge in [0.25, 0.3) is 0 Å². The van der Waals surface area contributed by atoms with Crippen LogP contribution in [0.1, 0.15) is 75.9 Å². The maximum absolute atomic E-state index is 5.51. The van der Waals surface area contributed by atoms with Gasteiger partial charge in [-0.05, 0) is 63.5 Å². The molecule has 2 heterocycles. The van der Waals surface area contributed by atoms with Crippen LogP contribution in [-0.2, 0) is 6.42 Å². The summed E-state index contributed by atoms with van der Waals surface area (Å²) in [4.78, 5) is 4.69. The third-order valence-corrected chi connectivity index (χ3v) is 5.25. The highest BCUT2D eigenvalue weighted by Crippen LogP contribution is 2.36. The van der Waals surface area contributed by atoms with E-state index in [0.29, 0.717) is 11.8 Å². The summed E-state index contributed by atoms with van der Waals surface area (Å²) in [5, 5.41) is 7.72. The Morgan fingerprint density at radius 3 is 2.71 bits per heavy atom. The average molecular weight is 291 g/mol. The van der Waals surface area contributed by atoms with Crippen LogP contribution >= 0.6 is 0 Å². The highest BCUT2D eigenvalue weighted by molar-refractivity contribution is 4.98. The molecule has 1 aromatic rings. The van der Waals surface area contributed by atoms with Gasteiger partial charge in [-0.25, -0.2) is 0 Å². The highest BCUT2D eigenvalue weighted by atomic mass is 16.5. The predicted molar refractivity (Wildman–Crippen MR) is 83.2 cm³/mol. The zero-order chi connectivity index (χ0) is 14.5. The highest BCUT2D eigenvalue weighted by Gasteiger charge is 2.26. The molecule has 1 unspecified atom stereocenters. The van der Waals surface area contributed by atoms with Crippen LogP contribution in [0.2, 0.25) is 0 Å². The molecule has 2 aliphatic rings. The number of hydrogen-bond acceptors (Lipinski definition) is 4. The van der Waals surface area contributed by atoms with Crippen LogP contribution in [0, 0.1) is 11.8 Å². The Bertz CT molecular complexity index is 417. The summed E-state index contributed by atoms with van der Waals surface area (Å²) in [6, 6.07) is 0. The lowest BCUT2D eigenvalue weighted by Crippen LogP contribution is -2.30. The van der Waals surface area contributed by atoms with E-state index in [1.165, 1.54) is 51.4 Å². The Balaban J connectivity index is 1.50. The molecule has 1 atom stereocenters. The van der Waals surface area contributed by atoms with Gasteiger partial charge in [-0.15, -0.1) is 0 Å². The zero-order valence-corrected chi connectivity index (χ0v) is 13.3. The van der Waals surface area contributed by atoms with Gasteiger partial charge in [0, 0.05) is 12.3 Å². The molecule has 1 aliphatic heterocycles. The van der Waals surface area contributed by atoms with E-state index in [0.717, 1.165) is 37.1 Å². The van der Waals surface area contributed by atoms with E-state index in [2.05, 4.69) is 17.4 Å². The first-order valence-corrected chi connectivity index (χ1v) is 8.88. The first-order chi connectivity index (χ1) is 10.3. The van der Waals surface area contributed by atoms with E-state index >= 15 is 0 Å². The third-order valence-electron chi connectivity index (χ3n) is 5.25. The van der Waals surface area contributed by atoms with Crippen LogP contribution in [0.4, 0.5) is 0 Å². The van der Waals surface area contributed by atoms with E-state index in [1.807, 2.05) is 0 Å². The molecule has 0 amide bonds. The largest absolute Gasteiger partial charge is 0.339 e. The van der Waals surface area contributed by atoms with Gasteiger partial charge >= 0.3 is 0 Å². The van der Waals surface area contributed by atoms with Gasteiger partial charge in [0.2, 0.25) is 5.89 Å². The van der Waals surface area contributed by atoms with Crippen LogP contribution in [-0.4, -0.2) is 23.2 Å². The van der Waals surface area contributed by atoms with Crippen molar-refractivity contribution in [1.82, 2.24) is 15.5 Å². The lowest BCUT2D eigenvalue weighted by molar-refractivity contribution is 0.291. The molecule has 0 aromatic carbocycles. The standard InChI is InChI=1S/C17H29N3O/c1-2-4-13-6-8-15(9-7-13)17-19-16(21-20-17)11-14-5-3-10-18-12-14/h13-15,18H,2-12H2,1H3. The van der Waals surface area contributed by atoms with Crippen molar-refractivity contribution < 1.29 is 4.52 Å². The first-order valence-electron chi connectivity index (χ1n) is 8.88. The summed E-state index contributed by atoms with van der Waals surface area (Å²) in [5.74, 6) is 3.98. The molecule has 0 bridgehead atoms.